The lowest BCUT2D eigenvalue weighted by Crippen LogP contribution is -2.38. The van der Waals surface area contributed by atoms with Crippen molar-refractivity contribution in [2.75, 3.05) is 11.9 Å². The number of hydrogen-bond acceptors (Lipinski definition) is 3. The Morgan fingerprint density at radius 2 is 1.96 bits per heavy atom. The molecule has 0 radical (unpaired) electrons. The number of para-hydroxylation sites is 1. The minimum atomic E-state index is -0.606. The number of benzene rings is 1. The van der Waals surface area contributed by atoms with Gasteiger partial charge >= 0.3 is 6.03 Å². The minimum absolute atomic E-state index is 0.149. The summed E-state index contributed by atoms with van der Waals surface area (Å²) in [5.74, 6) is -0.955. The molecule has 1 aliphatic heterocycles. The lowest BCUT2D eigenvalue weighted by Gasteiger charge is -2.13. The van der Waals surface area contributed by atoms with Gasteiger partial charge in [-0.05, 0) is 36.8 Å². The summed E-state index contributed by atoms with van der Waals surface area (Å²) in [4.78, 5) is 37.5. The number of amides is 4. The van der Waals surface area contributed by atoms with Crippen LogP contribution in [0.15, 0.2) is 48.3 Å². The SMILES string of the molecule is Cc1ccccc1NC(=O)CN1C(=O)N/C(=C\c2cccn2C)C1=O. The van der Waals surface area contributed by atoms with E-state index in [9.17, 15) is 14.4 Å². The molecule has 0 atom stereocenters. The average molecular weight is 338 g/mol. The van der Waals surface area contributed by atoms with Crippen molar-refractivity contribution in [1.29, 1.82) is 0 Å². The number of aryl methyl sites for hydroxylation is 2. The van der Waals surface area contributed by atoms with Gasteiger partial charge in [0.05, 0.1) is 0 Å². The van der Waals surface area contributed by atoms with Crippen LogP contribution < -0.4 is 10.6 Å². The zero-order valence-corrected chi connectivity index (χ0v) is 13.9. The lowest BCUT2D eigenvalue weighted by atomic mass is 10.2. The van der Waals surface area contributed by atoms with E-state index in [0.29, 0.717) is 5.69 Å². The second kappa shape index (κ2) is 6.64. The molecular weight excluding hydrogens is 320 g/mol. The van der Waals surface area contributed by atoms with Crippen LogP contribution in [0.2, 0.25) is 0 Å². The molecule has 2 aromatic rings. The fourth-order valence-corrected chi connectivity index (χ4v) is 2.53. The molecule has 1 aromatic carbocycles. The van der Waals surface area contributed by atoms with Crippen molar-refractivity contribution < 1.29 is 14.4 Å². The molecule has 1 aromatic heterocycles. The molecule has 0 spiro atoms. The zero-order chi connectivity index (χ0) is 18.0. The van der Waals surface area contributed by atoms with E-state index < -0.39 is 17.8 Å². The fraction of sp³-hybridized carbons (Fsp3) is 0.167. The molecule has 2 heterocycles. The van der Waals surface area contributed by atoms with E-state index in [1.54, 1.807) is 18.2 Å². The number of anilines is 1. The van der Waals surface area contributed by atoms with Crippen LogP contribution in [-0.4, -0.2) is 33.9 Å². The van der Waals surface area contributed by atoms with Crippen molar-refractivity contribution in [2.24, 2.45) is 7.05 Å². The summed E-state index contributed by atoms with van der Waals surface area (Å²) in [7, 11) is 1.83. The number of hydrogen-bond donors (Lipinski definition) is 2. The van der Waals surface area contributed by atoms with E-state index in [0.717, 1.165) is 16.2 Å². The van der Waals surface area contributed by atoms with Gasteiger partial charge in [0.2, 0.25) is 5.91 Å². The second-order valence-electron chi connectivity index (χ2n) is 5.79. The highest BCUT2D eigenvalue weighted by molar-refractivity contribution is 6.15. The summed E-state index contributed by atoms with van der Waals surface area (Å²) in [6, 6.07) is 10.3. The number of urea groups is 1. The summed E-state index contributed by atoms with van der Waals surface area (Å²) >= 11 is 0. The topological polar surface area (TPSA) is 83.4 Å². The van der Waals surface area contributed by atoms with Crippen LogP contribution in [0, 0.1) is 6.92 Å². The van der Waals surface area contributed by atoms with Crippen LogP contribution in [0.25, 0.3) is 6.08 Å². The number of imide groups is 1. The van der Waals surface area contributed by atoms with E-state index in [2.05, 4.69) is 10.6 Å². The average Bonchev–Trinajstić information content (AvgIpc) is 3.08. The van der Waals surface area contributed by atoms with Gasteiger partial charge in [-0.2, -0.15) is 0 Å². The molecule has 25 heavy (non-hydrogen) atoms. The highest BCUT2D eigenvalue weighted by atomic mass is 16.2. The van der Waals surface area contributed by atoms with Gasteiger partial charge in [0.15, 0.2) is 0 Å². The molecule has 2 N–H and O–H groups in total. The number of nitrogens with one attached hydrogen (secondary N) is 2. The molecule has 0 unspecified atom stereocenters. The molecule has 4 amide bonds. The van der Waals surface area contributed by atoms with E-state index in [1.165, 1.54) is 0 Å². The van der Waals surface area contributed by atoms with Crippen molar-refractivity contribution in [3.05, 3.63) is 59.5 Å². The molecule has 1 saturated heterocycles. The Morgan fingerprint density at radius 3 is 2.64 bits per heavy atom. The normalized spacial score (nSPS) is 15.6. The third kappa shape index (κ3) is 3.45. The number of carbonyl (C=O) groups is 3. The van der Waals surface area contributed by atoms with Crippen LogP contribution in [0.3, 0.4) is 0 Å². The molecule has 7 heteroatoms. The zero-order valence-electron chi connectivity index (χ0n) is 13.9. The quantitative estimate of drug-likeness (QED) is 0.659. The molecule has 0 aliphatic carbocycles. The maximum atomic E-state index is 12.4. The minimum Gasteiger partial charge on any atom is -0.351 e. The predicted octanol–water partition coefficient (Wildman–Crippen LogP) is 1.86. The van der Waals surface area contributed by atoms with Crippen molar-refractivity contribution in [3.63, 3.8) is 0 Å². The van der Waals surface area contributed by atoms with Gasteiger partial charge in [-0.15, -0.1) is 0 Å². The molecule has 0 saturated carbocycles. The van der Waals surface area contributed by atoms with Crippen molar-refractivity contribution >= 4 is 29.6 Å². The van der Waals surface area contributed by atoms with E-state index in [-0.39, 0.29) is 12.2 Å². The highest BCUT2D eigenvalue weighted by Crippen LogP contribution is 2.16. The third-order valence-electron chi connectivity index (χ3n) is 3.96. The van der Waals surface area contributed by atoms with Crippen LogP contribution in [0.4, 0.5) is 10.5 Å². The van der Waals surface area contributed by atoms with Gasteiger partial charge < -0.3 is 15.2 Å². The van der Waals surface area contributed by atoms with Gasteiger partial charge in [-0.1, -0.05) is 18.2 Å². The van der Waals surface area contributed by atoms with E-state index >= 15 is 0 Å². The largest absolute Gasteiger partial charge is 0.351 e. The number of nitrogens with zero attached hydrogens (tertiary/aromatic N) is 2. The van der Waals surface area contributed by atoms with Gasteiger partial charge in [-0.3, -0.25) is 9.59 Å². The Kier molecular flexibility index (Phi) is 4.38. The first-order valence-electron chi connectivity index (χ1n) is 7.77. The Bertz CT molecular complexity index is 882. The first-order chi connectivity index (χ1) is 12.0. The Morgan fingerprint density at radius 1 is 1.20 bits per heavy atom. The van der Waals surface area contributed by atoms with Crippen LogP contribution in [0.5, 0.6) is 0 Å². The van der Waals surface area contributed by atoms with Gasteiger partial charge in [0.25, 0.3) is 5.91 Å². The standard InChI is InChI=1S/C18H18N4O3/c1-12-6-3-4-8-14(12)19-16(23)11-22-17(24)15(20-18(22)25)10-13-7-5-9-21(13)2/h3-10H,11H2,1-2H3,(H,19,23)(H,20,25)/b15-10-. The number of aromatic nitrogens is 1. The Balaban J connectivity index is 1.71. The summed E-state index contributed by atoms with van der Waals surface area (Å²) in [5, 5.41) is 5.22. The number of rotatable bonds is 4. The first-order valence-corrected chi connectivity index (χ1v) is 7.77. The molecule has 1 aliphatic rings. The molecule has 1 fully saturated rings. The van der Waals surface area contributed by atoms with Gasteiger partial charge in [-0.25, -0.2) is 9.69 Å². The van der Waals surface area contributed by atoms with Crippen LogP contribution in [-0.2, 0) is 16.6 Å². The van der Waals surface area contributed by atoms with Crippen molar-refractivity contribution in [3.8, 4) is 0 Å². The fourth-order valence-electron chi connectivity index (χ4n) is 2.53. The molecule has 7 nitrogen and oxygen atoms in total. The van der Waals surface area contributed by atoms with E-state index in [4.69, 9.17) is 0 Å². The summed E-state index contributed by atoms with van der Waals surface area (Å²) in [5.41, 5.74) is 2.47. The van der Waals surface area contributed by atoms with Crippen LogP contribution in [0.1, 0.15) is 11.3 Å². The lowest BCUT2D eigenvalue weighted by molar-refractivity contribution is -0.127. The Labute approximate surface area is 144 Å². The summed E-state index contributed by atoms with van der Waals surface area (Å²) in [6.45, 7) is 1.52. The predicted molar refractivity (Wildman–Crippen MR) is 93.4 cm³/mol. The van der Waals surface area contributed by atoms with Crippen LogP contribution >= 0.6 is 0 Å². The molecular formula is C18H18N4O3. The second-order valence-corrected chi connectivity index (χ2v) is 5.79. The number of carbonyl (C=O) groups excluding carboxylic acids is 3. The first kappa shape index (κ1) is 16.5. The van der Waals surface area contributed by atoms with Crippen molar-refractivity contribution in [2.45, 2.75) is 6.92 Å². The maximum Gasteiger partial charge on any atom is 0.329 e. The highest BCUT2D eigenvalue weighted by Gasteiger charge is 2.35. The third-order valence-corrected chi connectivity index (χ3v) is 3.96. The monoisotopic (exact) mass is 338 g/mol. The van der Waals surface area contributed by atoms with Gasteiger partial charge in [0.1, 0.15) is 12.2 Å². The molecule has 128 valence electrons. The molecule has 3 rings (SSSR count). The van der Waals surface area contributed by atoms with E-state index in [1.807, 2.05) is 49.0 Å². The maximum absolute atomic E-state index is 12.4. The smallest absolute Gasteiger partial charge is 0.329 e. The van der Waals surface area contributed by atoms with Crippen molar-refractivity contribution in [1.82, 2.24) is 14.8 Å². The summed E-state index contributed by atoms with van der Waals surface area (Å²) < 4.78 is 1.82. The molecule has 0 bridgehead atoms. The van der Waals surface area contributed by atoms with Gasteiger partial charge in [0, 0.05) is 24.6 Å². The summed E-state index contributed by atoms with van der Waals surface area (Å²) in [6.07, 6.45) is 3.42. The Hall–Kier alpha value is -3.35.